The zero-order valence-electron chi connectivity index (χ0n) is 10.4. The van der Waals surface area contributed by atoms with Gasteiger partial charge in [-0.25, -0.2) is 8.42 Å². The number of hydrogen-bond donors (Lipinski definition) is 1. The van der Waals surface area contributed by atoms with Crippen molar-refractivity contribution in [1.29, 1.82) is 0 Å². The molecule has 0 spiro atoms. The van der Waals surface area contributed by atoms with E-state index in [-0.39, 0.29) is 24.1 Å². The first-order chi connectivity index (χ1) is 8.87. The fourth-order valence-corrected chi connectivity index (χ4v) is 5.23. The highest BCUT2D eigenvalue weighted by Gasteiger charge is 2.38. The summed E-state index contributed by atoms with van der Waals surface area (Å²) in [7, 11) is -3.57. The maximum Gasteiger partial charge on any atom is 0.244 e. The van der Waals surface area contributed by atoms with Gasteiger partial charge in [-0.3, -0.25) is 0 Å². The van der Waals surface area contributed by atoms with E-state index in [0.717, 1.165) is 22.9 Å². The van der Waals surface area contributed by atoms with E-state index in [1.54, 1.807) is 12.1 Å². The summed E-state index contributed by atoms with van der Waals surface area (Å²) in [6.45, 7) is 1.88. The third-order valence-corrected chi connectivity index (χ3v) is 6.84. The molecule has 1 aliphatic rings. The van der Waals surface area contributed by atoms with Crippen molar-refractivity contribution in [2.45, 2.75) is 30.7 Å². The zero-order valence-corrected chi connectivity index (χ0v) is 14.4. The first kappa shape index (κ1) is 15.4. The van der Waals surface area contributed by atoms with E-state index < -0.39 is 10.0 Å². The van der Waals surface area contributed by atoms with Gasteiger partial charge in [0.2, 0.25) is 10.0 Å². The van der Waals surface area contributed by atoms with Crippen molar-refractivity contribution >= 4 is 41.9 Å². The van der Waals surface area contributed by atoms with Gasteiger partial charge in [-0.15, -0.1) is 0 Å². The van der Waals surface area contributed by atoms with Crippen LogP contribution in [-0.2, 0) is 10.0 Å². The van der Waals surface area contributed by atoms with Crippen LogP contribution in [-0.4, -0.2) is 37.0 Å². The molecule has 1 saturated carbocycles. The highest BCUT2D eigenvalue weighted by molar-refractivity contribution is 9.11. The Labute approximate surface area is 130 Å². The third kappa shape index (κ3) is 3.21. The molecule has 7 heteroatoms. The molecule has 2 rings (SSSR count). The number of rotatable bonds is 5. The van der Waals surface area contributed by atoms with Crippen molar-refractivity contribution < 1.29 is 13.5 Å². The molecule has 1 fully saturated rings. The molecule has 0 saturated heterocycles. The van der Waals surface area contributed by atoms with Gasteiger partial charge < -0.3 is 5.11 Å². The second kappa shape index (κ2) is 5.81. The van der Waals surface area contributed by atoms with Crippen molar-refractivity contribution in [2.75, 3.05) is 13.2 Å². The monoisotopic (exact) mass is 411 g/mol. The quantitative estimate of drug-likeness (QED) is 0.808. The minimum absolute atomic E-state index is 0.0316. The standard InChI is InChI=1S/C12H15Br2NO3S/c1-8-6-11(14)12(7-10(8)13)19(17,18)15(4-5-16)9-2-3-9/h6-7,9,16H,2-5H2,1H3. The van der Waals surface area contributed by atoms with E-state index in [1.807, 2.05) is 6.92 Å². The van der Waals surface area contributed by atoms with Crippen LogP contribution in [0.5, 0.6) is 0 Å². The van der Waals surface area contributed by atoms with Crippen molar-refractivity contribution in [3.63, 3.8) is 0 Å². The van der Waals surface area contributed by atoms with Gasteiger partial charge in [-0.1, -0.05) is 15.9 Å². The van der Waals surface area contributed by atoms with E-state index in [1.165, 1.54) is 4.31 Å². The van der Waals surface area contributed by atoms with Gasteiger partial charge in [-0.05, 0) is 53.4 Å². The van der Waals surface area contributed by atoms with Gasteiger partial charge >= 0.3 is 0 Å². The topological polar surface area (TPSA) is 57.6 Å². The summed E-state index contributed by atoms with van der Waals surface area (Å²) in [5.41, 5.74) is 0.964. The maximum absolute atomic E-state index is 12.7. The zero-order chi connectivity index (χ0) is 14.2. The van der Waals surface area contributed by atoms with Crippen LogP contribution in [0.25, 0.3) is 0 Å². The first-order valence-electron chi connectivity index (χ1n) is 5.96. The van der Waals surface area contributed by atoms with Crippen LogP contribution in [0, 0.1) is 6.92 Å². The second-order valence-corrected chi connectivity index (χ2v) is 8.17. The van der Waals surface area contributed by atoms with E-state index in [9.17, 15) is 8.42 Å². The summed E-state index contributed by atoms with van der Waals surface area (Å²) in [5.74, 6) is 0. The highest BCUT2D eigenvalue weighted by atomic mass is 79.9. The van der Waals surface area contributed by atoms with Crippen molar-refractivity contribution in [3.8, 4) is 0 Å². The number of benzene rings is 1. The van der Waals surface area contributed by atoms with E-state index in [4.69, 9.17) is 5.11 Å². The van der Waals surface area contributed by atoms with Gasteiger partial charge in [0.25, 0.3) is 0 Å². The molecule has 1 aliphatic carbocycles. The normalized spacial score (nSPS) is 16.1. The number of nitrogens with zero attached hydrogens (tertiary/aromatic N) is 1. The van der Waals surface area contributed by atoms with Gasteiger partial charge in [0.15, 0.2) is 0 Å². The Balaban J connectivity index is 2.46. The molecule has 0 atom stereocenters. The van der Waals surface area contributed by atoms with Crippen LogP contribution in [0.1, 0.15) is 18.4 Å². The lowest BCUT2D eigenvalue weighted by Gasteiger charge is -2.22. The van der Waals surface area contributed by atoms with Crippen LogP contribution in [0.3, 0.4) is 0 Å². The van der Waals surface area contributed by atoms with Gasteiger partial charge in [-0.2, -0.15) is 4.31 Å². The SMILES string of the molecule is Cc1cc(Br)c(S(=O)(=O)N(CCO)C2CC2)cc1Br. The lowest BCUT2D eigenvalue weighted by molar-refractivity contribution is 0.250. The van der Waals surface area contributed by atoms with Crippen LogP contribution >= 0.6 is 31.9 Å². The minimum Gasteiger partial charge on any atom is -0.395 e. The van der Waals surface area contributed by atoms with E-state index in [0.29, 0.717) is 4.47 Å². The molecule has 0 aromatic heterocycles. The number of aryl methyl sites for hydroxylation is 1. The molecule has 0 heterocycles. The van der Waals surface area contributed by atoms with Crippen molar-refractivity contribution in [3.05, 3.63) is 26.6 Å². The van der Waals surface area contributed by atoms with E-state index >= 15 is 0 Å². The van der Waals surface area contributed by atoms with Crippen molar-refractivity contribution in [2.24, 2.45) is 0 Å². The Morgan fingerprint density at radius 2 is 1.95 bits per heavy atom. The number of aliphatic hydroxyl groups excluding tert-OH is 1. The molecule has 19 heavy (non-hydrogen) atoms. The predicted octanol–water partition coefficient (Wildman–Crippen LogP) is 2.67. The molecular formula is C12H15Br2NO3S. The molecule has 1 aromatic rings. The molecule has 0 bridgehead atoms. The Hall–Kier alpha value is 0.0500. The smallest absolute Gasteiger partial charge is 0.244 e. The Morgan fingerprint density at radius 3 is 2.47 bits per heavy atom. The summed E-state index contributed by atoms with van der Waals surface area (Å²) in [4.78, 5) is 0.241. The second-order valence-electron chi connectivity index (χ2n) is 4.60. The van der Waals surface area contributed by atoms with E-state index in [2.05, 4.69) is 31.9 Å². The predicted molar refractivity (Wildman–Crippen MR) is 80.6 cm³/mol. The summed E-state index contributed by atoms with van der Waals surface area (Å²) < 4.78 is 28.0. The summed E-state index contributed by atoms with van der Waals surface area (Å²) in [5, 5.41) is 9.06. The Bertz CT molecular complexity index is 585. The number of hydrogen-bond acceptors (Lipinski definition) is 3. The number of aliphatic hydroxyl groups is 1. The molecule has 0 amide bonds. The molecule has 4 nitrogen and oxygen atoms in total. The van der Waals surface area contributed by atoms with Crippen LogP contribution in [0.4, 0.5) is 0 Å². The molecule has 0 radical (unpaired) electrons. The highest BCUT2D eigenvalue weighted by Crippen LogP contribution is 2.36. The largest absolute Gasteiger partial charge is 0.395 e. The summed E-state index contributed by atoms with van der Waals surface area (Å²) >= 11 is 6.68. The minimum atomic E-state index is -3.57. The first-order valence-corrected chi connectivity index (χ1v) is 8.99. The van der Waals surface area contributed by atoms with Gasteiger partial charge in [0.05, 0.1) is 11.5 Å². The van der Waals surface area contributed by atoms with Gasteiger partial charge in [0, 0.05) is 21.5 Å². The lowest BCUT2D eigenvalue weighted by Crippen LogP contribution is -2.35. The molecule has 106 valence electrons. The van der Waals surface area contributed by atoms with Crippen LogP contribution < -0.4 is 0 Å². The average molecular weight is 413 g/mol. The van der Waals surface area contributed by atoms with Crippen LogP contribution in [0.15, 0.2) is 26.0 Å². The molecule has 0 unspecified atom stereocenters. The fourth-order valence-electron chi connectivity index (χ4n) is 1.91. The number of sulfonamides is 1. The maximum atomic E-state index is 12.7. The molecule has 1 aromatic carbocycles. The molecular weight excluding hydrogens is 398 g/mol. The third-order valence-electron chi connectivity index (χ3n) is 3.07. The lowest BCUT2D eigenvalue weighted by atomic mass is 10.2. The number of halogens is 2. The van der Waals surface area contributed by atoms with Crippen molar-refractivity contribution in [1.82, 2.24) is 4.31 Å². The Morgan fingerprint density at radius 1 is 1.32 bits per heavy atom. The van der Waals surface area contributed by atoms with Gasteiger partial charge in [0.1, 0.15) is 0 Å². The molecule has 1 N–H and O–H groups in total. The molecule has 0 aliphatic heterocycles. The average Bonchev–Trinajstić information content (AvgIpc) is 3.14. The van der Waals surface area contributed by atoms with Crippen LogP contribution in [0.2, 0.25) is 0 Å². The summed E-state index contributed by atoms with van der Waals surface area (Å²) in [6.07, 6.45) is 1.73. The Kier molecular flexibility index (Phi) is 4.72. The fraction of sp³-hybridized carbons (Fsp3) is 0.500. The summed E-state index contributed by atoms with van der Waals surface area (Å²) in [6, 6.07) is 3.42.